The summed E-state index contributed by atoms with van der Waals surface area (Å²) in [5.74, 6) is 4.70. The van der Waals surface area contributed by atoms with Gasteiger partial charge >= 0.3 is 0 Å². The SMILES string of the molecule is NCC#Cc1cc(F)ccc1C(=O)N1CCCC1CO. The van der Waals surface area contributed by atoms with Crippen molar-refractivity contribution in [2.45, 2.75) is 18.9 Å². The number of carbonyl (C=O) groups is 1. The van der Waals surface area contributed by atoms with E-state index in [1.807, 2.05) is 0 Å². The molecule has 1 aromatic carbocycles. The van der Waals surface area contributed by atoms with Crippen molar-refractivity contribution in [3.63, 3.8) is 0 Å². The van der Waals surface area contributed by atoms with Gasteiger partial charge in [0.2, 0.25) is 0 Å². The summed E-state index contributed by atoms with van der Waals surface area (Å²) in [5.41, 5.74) is 6.00. The van der Waals surface area contributed by atoms with E-state index in [0.717, 1.165) is 12.8 Å². The number of nitrogens with zero attached hydrogens (tertiary/aromatic N) is 1. The van der Waals surface area contributed by atoms with E-state index in [4.69, 9.17) is 5.73 Å². The third-order valence-corrected chi connectivity index (χ3v) is 3.39. The average molecular weight is 276 g/mol. The van der Waals surface area contributed by atoms with E-state index in [2.05, 4.69) is 11.8 Å². The van der Waals surface area contributed by atoms with Gasteiger partial charge in [0, 0.05) is 12.1 Å². The molecule has 106 valence electrons. The lowest BCUT2D eigenvalue weighted by Gasteiger charge is -2.23. The molecule has 1 aliphatic rings. The van der Waals surface area contributed by atoms with Gasteiger partial charge in [0.25, 0.3) is 5.91 Å². The van der Waals surface area contributed by atoms with E-state index < -0.39 is 5.82 Å². The van der Waals surface area contributed by atoms with Gasteiger partial charge in [-0.1, -0.05) is 11.8 Å². The minimum Gasteiger partial charge on any atom is -0.394 e. The zero-order valence-corrected chi connectivity index (χ0v) is 11.1. The molecule has 1 heterocycles. The number of amides is 1. The Morgan fingerprint density at radius 3 is 3.05 bits per heavy atom. The molecule has 0 aliphatic carbocycles. The first kappa shape index (κ1) is 14.5. The van der Waals surface area contributed by atoms with Gasteiger partial charge in [-0.2, -0.15) is 0 Å². The van der Waals surface area contributed by atoms with Crippen LogP contribution in [0.25, 0.3) is 0 Å². The van der Waals surface area contributed by atoms with Crippen LogP contribution in [0.2, 0.25) is 0 Å². The predicted molar refractivity (Wildman–Crippen MR) is 73.5 cm³/mol. The second kappa shape index (κ2) is 6.51. The summed E-state index contributed by atoms with van der Waals surface area (Å²) in [4.78, 5) is 14.1. The van der Waals surface area contributed by atoms with E-state index in [0.29, 0.717) is 17.7 Å². The van der Waals surface area contributed by atoms with Gasteiger partial charge in [0.15, 0.2) is 0 Å². The quantitative estimate of drug-likeness (QED) is 0.783. The maximum atomic E-state index is 13.3. The molecule has 20 heavy (non-hydrogen) atoms. The normalized spacial score (nSPS) is 17.8. The molecule has 2 rings (SSSR count). The van der Waals surface area contributed by atoms with Crippen LogP contribution in [-0.4, -0.2) is 41.7 Å². The van der Waals surface area contributed by atoms with Gasteiger partial charge in [-0.25, -0.2) is 4.39 Å². The van der Waals surface area contributed by atoms with Gasteiger partial charge in [-0.05, 0) is 31.0 Å². The fraction of sp³-hybridized carbons (Fsp3) is 0.400. The lowest BCUT2D eigenvalue weighted by Crippen LogP contribution is -2.38. The van der Waals surface area contributed by atoms with Crippen LogP contribution in [0, 0.1) is 17.7 Å². The topological polar surface area (TPSA) is 66.6 Å². The van der Waals surface area contributed by atoms with E-state index in [9.17, 15) is 14.3 Å². The van der Waals surface area contributed by atoms with Gasteiger partial charge in [0.1, 0.15) is 5.82 Å². The number of halogens is 1. The average Bonchev–Trinajstić information content (AvgIpc) is 2.93. The van der Waals surface area contributed by atoms with Gasteiger partial charge in [-0.3, -0.25) is 4.79 Å². The van der Waals surface area contributed by atoms with Gasteiger partial charge in [0.05, 0.1) is 24.8 Å². The lowest BCUT2D eigenvalue weighted by molar-refractivity contribution is 0.0677. The van der Waals surface area contributed by atoms with Crippen LogP contribution in [0.5, 0.6) is 0 Å². The molecule has 1 fully saturated rings. The van der Waals surface area contributed by atoms with Gasteiger partial charge in [-0.15, -0.1) is 0 Å². The number of hydrogen-bond acceptors (Lipinski definition) is 3. The van der Waals surface area contributed by atoms with E-state index in [1.54, 1.807) is 4.90 Å². The molecule has 0 saturated carbocycles. The van der Waals surface area contributed by atoms with E-state index in [-0.39, 0.29) is 25.1 Å². The number of aliphatic hydroxyl groups excluding tert-OH is 1. The Morgan fingerprint density at radius 1 is 1.55 bits per heavy atom. The Balaban J connectivity index is 2.34. The van der Waals surface area contributed by atoms with Crippen molar-refractivity contribution in [2.24, 2.45) is 5.73 Å². The van der Waals surface area contributed by atoms with Crippen molar-refractivity contribution in [3.05, 3.63) is 35.1 Å². The largest absolute Gasteiger partial charge is 0.394 e. The molecule has 1 amide bonds. The number of rotatable bonds is 2. The summed E-state index contributed by atoms with van der Waals surface area (Å²) in [7, 11) is 0. The van der Waals surface area contributed by atoms with Crippen molar-refractivity contribution < 1.29 is 14.3 Å². The van der Waals surface area contributed by atoms with Crippen LogP contribution in [0.15, 0.2) is 18.2 Å². The molecule has 0 aromatic heterocycles. The molecule has 0 bridgehead atoms. The van der Waals surface area contributed by atoms with Crippen molar-refractivity contribution in [3.8, 4) is 11.8 Å². The molecule has 0 spiro atoms. The summed E-state index contributed by atoms with van der Waals surface area (Å²) in [6.07, 6.45) is 1.65. The number of benzene rings is 1. The highest BCUT2D eigenvalue weighted by Crippen LogP contribution is 2.21. The maximum absolute atomic E-state index is 13.3. The molecule has 4 nitrogen and oxygen atoms in total. The highest BCUT2D eigenvalue weighted by molar-refractivity contribution is 5.97. The second-order valence-electron chi connectivity index (χ2n) is 4.67. The zero-order chi connectivity index (χ0) is 14.5. The van der Waals surface area contributed by atoms with Crippen molar-refractivity contribution in [2.75, 3.05) is 19.7 Å². The first-order chi connectivity index (χ1) is 9.67. The minimum absolute atomic E-state index is 0.0588. The molecule has 1 aromatic rings. The maximum Gasteiger partial charge on any atom is 0.255 e. The van der Waals surface area contributed by atoms with Gasteiger partial charge < -0.3 is 15.7 Å². The fourth-order valence-corrected chi connectivity index (χ4v) is 2.40. The molecular formula is C15H17FN2O2. The number of carbonyl (C=O) groups excluding carboxylic acids is 1. The number of aliphatic hydroxyl groups is 1. The Labute approximate surface area is 117 Å². The molecule has 0 radical (unpaired) electrons. The van der Waals surface area contributed by atoms with Crippen molar-refractivity contribution in [1.29, 1.82) is 0 Å². The number of nitrogens with two attached hydrogens (primary N) is 1. The van der Waals surface area contributed by atoms with Crippen molar-refractivity contribution in [1.82, 2.24) is 4.90 Å². The summed E-state index contributed by atoms with van der Waals surface area (Å²) in [5, 5.41) is 9.29. The predicted octanol–water partition coefficient (Wildman–Crippen LogP) is 0.733. The first-order valence-corrected chi connectivity index (χ1v) is 6.57. The summed E-state index contributed by atoms with van der Waals surface area (Å²) < 4.78 is 13.3. The zero-order valence-electron chi connectivity index (χ0n) is 11.1. The molecule has 1 saturated heterocycles. The van der Waals surface area contributed by atoms with E-state index >= 15 is 0 Å². The standard InChI is InChI=1S/C15H17FN2O2/c16-12-5-6-14(11(9-12)3-1-7-17)15(20)18-8-2-4-13(18)10-19/h5-6,9,13,19H,2,4,7-8,10,17H2. The summed E-state index contributed by atoms with van der Waals surface area (Å²) in [6, 6.07) is 3.75. The summed E-state index contributed by atoms with van der Waals surface area (Å²) >= 11 is 0. The van der Waals surface area contributed by atoms with Crippen LogP contribution in [-0.2, 0) is 0 Å². The number of hydrogen-bond donors (Lipinski definition) is 2. The Morgan fingerprint density at radius 2 is 2.35 bits per heavy atom. The number of likely N-dealkylation sites (tertiary alicyclic amines) is 1. The van der Waals surface area contributed by atoms with Crippen LogP contribution < -0.4 is 5.73 Å². The third-order valence-electron chi connectivity index (χ3n) is 3.39. The smallest absolute Gasteiger partial charge is 0.255 e. The highest BCUT2D eigenvalue weighted by atomic mass is 19.1. The summed E-state index contributed by atoms with van der Waals surface area (Å²) in [6.45, 7) is 0.690. The molecule has 1 unspecified atom stereocenters. The van der Waals surface area contributed by atoms with Crippen LogP contribution in [0.1, 0.15) is 28.8 Å². The Hall–Kier alpha value is -1.90. The molecule has 5 heteroatoms. The van der Waals surface area contributed by atoms with E-state index in [1.165, 1.54) is 18.2 Å². The molecular weight excluding hydrogens is 259 g/mol. The fourth-order valence-electron chi connectivity index (χ4n) is 2.40. The van der Waals surface area contributed by atoms with Crippen molar-refractivity contribution >= 4 is 5.91 Å². The molecule has 1 atom stereocenters. The Bertz CT molecular complexity index is 563. The van der Waals surface area contributed by atoms with Crippen LogP contribution in [0.3, 0.4) is 0 Å². The minimum atomic E-state index is -0.442. The first-order valence-electron chi connectivity index (χ1n) is 6.57. The monoisotopic (exact) mass is 276 g/mol. The Kier molecular flexibility index (Phi) is 4.72. The molecule has 1 aliphatic heterocycles. The molecule has 3 N–H and O–H groups in total. The third kappa shape index (κ3) is 2.98. The van der Waals surface area contributed by atoms with Crippen LogP contribution >= 0.6 is 0 Å². The lowest BCUT2D eigenvalue weighted by atomic mass is 10.1. The highest BCUT2D eigenvalue weighted by Gasteiger charge is 2.29. The second-order valence-corrected chi connectivity index (χ2v) is 4.67. The van der Waals surface area contributed by atoms with Crippen LogP contribution in [0.4, 0.5) is 4.39 Å².